The summed E-state index contributed by atoms with van der Waals surface area (Å²) >= 11 is 3.23. The summed E-state index contributed by atoms with van der Waals surface area (Å²) in [5.41, 5.74) is 0.971. The molecule has 0 unspecified atom stereocenters. The van der Waals surface area contributed by atoms with E-state index in [1.807, 2.05) is 0 Å². The molecule has 80 valence electrons. The zero-order chi connectivity index (χ0) is 11.6. The maximum absolute atomic E-state index is 10.8. The molecule has 1 aromatic heterocycles. The first-order chi connectivity index (χ1) is 6.95. The van der Waals surface area contributed by atoms with Crippen LogP contribution in [0.25, 0.3) is 5.70 Å². The summed E-state index contributed by atoms with van der Waals surface area (Å²) in [5, 5.41) is 10.8. The topological polar surface area (TPSA) is 59.3 Å². The van der Waals surface area contributed by atoms with E-state index in [1.54, 1.807) is 19.0 Å². The van der Waals surface area contributed by atoms with E-state index in [9.17, 15) is 10.1 Å². The van der Waals surface area contributed by atoms with Crippen molar-refractivity contribution in [1.82, 2.24) is 9.88 Å². The highest BCUT2D eigenvalue weighted by Crippen LogP contribution is 2.31. The van der Waals surface area contributed by atoms with Gasteiger partial charge >= 0.3 is 0 Å². The molecular formula is C9H10BrN3O2. The van der Waals surface area contributed by atoms with Crippen LogP contribution in [0.1, 0.15) is 5.56 Å². The Kier molecular flexibility index (Phi) is 3.41. The molecule has 6 heteroatoms. The summed E-state index contributed by atoms with van der Waals surface area (Å²) in [4.78, 5) is 15.8. The van der Waals surface area contributed by atoms with Crippen LogP contribution < -0.4 is 0 Å². The number of halogens is 1. The predicted octanol–water partition coefficient (Wildman–Crippen LogP) is 2.28. The minimum absolute atomic E-state index is 0.0527. The van der Waals surface area contributed by atoms with Crippen molar-refractivity contribution in [3.05, 3.63) is 39.1 Å². The lowest BCUT2D eigenvalue weighted by Crippen LogP contribution is -2.11. The molecule has 1 rings (SSSR count). The summed E-state index contributed by atoms with van der Waals surface area (Å²) in [6.45, 7) is 3.79. The summed E-state index contributed by atoms with van der Waals surface area (Å²) in [6.07, 6.45) is 2.73. The number of nitro groups is 1. The maximum Gasteiger partial charge on any atom is 0.297 e. The molecule has 0 bridgehead atoms. The van der Waals surface area contributed by atoms with Crippen molar-refractivity contribution in [3.8, 4) is 0 Å². The molecule has 0 fully saturated rings. The first-order valence-electron chi connectivity index (χ1n) is 4.09. The van der Waals surface area contributed by atoms with Crippen molar-refractivity contribution < 1.29 is 4.92 Å². The van der Waals surface area contributed by atoms with E-state index in [0.29, 0.717) is 15.7 Å². The SMILES string of the molecule is C=C(c1c(Br)cncc1[N+](=O)[O-])N(C)C. The molecule has 0 spiro atoms. The molecule has 15 heavy (non-hydrogen) atoms. The molecule has 0 aliphatic carbocycles. The molecule has 5 nitrogen and oxygen atoms in total. The lowest BCUT2D eigenvalue weighted by atomic mass is 10.1. The van der Waals surface area contributed by atoms with Gasteiger partial charge in [0.25, 0.3) is 5.69 Å². The Bertz CT molecular complexity index is 418. The largest absolute Gasteiger partial charge is 0.377 e. The number of rotatable bonds is 3. The molecule has 0 radical (unpaired) electrons. The molecule has 1 aromatic rings. The van der Waals surface area contributed by atoms with Gasteiger partial charge in [0.15, 0.2) is 0 Å². The van der Waals surface area contributed by atoms with Gasteiger partial charge in [-0.15, -0.1) is 0 Å². The normalized spacial score (nSPS) is 9.80. The van der Waals surface area contributed by atoms with Gasteiger partial charge in [0, 0.05) is 26.0 Å². The summed E-state index contributed by atoms with van der Waals surface area (Å²) in [5.74, 6) is 0. The van der Waals surface area contributed by atoms with Crippen LogP contribution >= 0.6 is 15.9 Å². The zero-order valence-corrected chi connectivity index (χ0v) is 9.98. The number of nitrogens with zero attached hydrogens (tertiary/aromatic N) is 3. The third kappa shape index (κ3) is 2.33. The van der Waals surface area contributed by atoms with E-state index in [0.717, 1.165) is 0 Å². The van der Waals surface area contributed by atoms with E-state index in [2.05, 4.69) is 27.5 Å². The third-order valence-electron chi connectivity index (χ3n) is 1.90. The van der Waals surface area contributed by atoms with E-state index in [1.165, 1.54) is 12.4 Å². The Morgan fingerprint density at radius 3 is 2.67 bits per heavy atom. The first-order valence-corrected chi connectivity index (χ1v) is 4.89. The quantitative estimate of drug-likeness (QED) is 0.625. The van der Waals surface area contributed by atoms with Crippen molar-refractivity contribution >= 4 is 27.3 Å². The molecule has 0 saturated carbocycles. The van der Waals surface area contributed by atoms with Gasteiger partial charge in [0.2, 0.25) is 0 Å². The molecule has 0 aromatic carbocycles. The molecule has 0 saturated heterocycles. The van der Waals surface area contributed by atoms with Crippen LogP contribution in [0.4, 0.5) is 5.69 Å². The highest BCUT2D eigenvalue weighted by Gasteiger charge is 2.20. The van der Waals surface area contributed by atoms with Gasteiger partial charge in [-0.3, -0.25) is 15.1 Å². The van der Waals surface area contributed by atoms with Crippen LogP contribution in [0.15, 0.2) is 23.4 Å². The number of aromatic nitrogens is 1. The second-order valence-electron chi connectivity index (χ2n) is 3.11. The van der Waals surface area contributed by atoms with Crippen LogP contribution in [0.2, 0.25) is 0 Å². The third-order valence-corrected chi connectivity index (χ3v) is 2.51. The molecule has 1 heterocycles. The van der Waals surface area contributed by atoms with Crippen LogP contribution in [0.5, 0.6) is 0 Å². The minimum Gasteiger partial charge on any atom is -0.377 e. The molecular weight excluding hydrogens is 262 g/mol. The average molecular weight is 272 g/mol. The van der Waals surface area contributed by atoms with Crippen molar-refractivity contribution in [2.24, 2.45) is 0 Å². The van der Waals surface area contributed by atoms with Crippen molar-refractivity contribution in [2.75, 3.05) is 14.1 Å². The van der Waals surface area contributed by atoms with Gasteiger partial charge in [-0.25, -0.2) is 0 Å². The Morgan fingerprint density at radius 1 is 1.60 bits per heavy atom. The lowest BCUT2D eigenvalue weighted by molar-refractivity contribution is -0.385. The molecule has 0 aliphatic rings. The Morgan fingerprint density at radius 2 is 2.20 bits per heavy atom. The number of hydrogen-bond donors (Lipinski definition) is 0. The van der Waals surface area contributed by atoms with Crippen molar-refractivity contribution in [3.63, 3.8) is 0 Å². The highest BCUT2D eigenvalue weighted by atomic mass is 79.9. The van der Waals surface area contributed by atoms with Crippen LogP contribution in [-0.4, -0.2) is 28.9 Å². The minimum atomic E-state index is -0.470. The molecule has 0 atom stereocenters. The second-order valence-corrected chi connectivity index (χ2v) is 3.97. The van der Waals surface area contributed by atoms with Crippen molar-refractivity contribution in [1.29, 1.82) is 0 Å². The Labute approximate surface area is 95.7 Å². The molecule has 0 amide bonds. The van der Waals surface area contributed by atoms with Crippen molar-refractivity contribution in [2.45, 2.75) is 0 Å². The van der Waals surface area contributed by atoms with Crippen LogP contribution in [-0.2, 0) is 0 Å². The van der Waals surface area contributed by atoms with Crippen LogP contribution in [0, 0.1) is 10.1 Å². The first kappa shape index (κ1) is 11.6. The maximum atomic E-state index is 10.8. The average Bonchev–Trinajstić information content (AvgIpc) is 2.16. The highest BCUT2D eigenvalue weighted by molar-refractivity contribution is 9.10. The summed E-state index contributed by atoms with van der Waals surface area (Å²) in [7, 11) is 3.55. The summed E-state index contributed by atoms with van der Waals surface area (Å²) < 4.78 is 0.565. The molecule has 0 N–H and O–H groups in total. The van der Waals surface area contributed by atoms with E-state index < -0.39 is 4.92 Å². The van der Waals surface area contributed by atoms with Gasteiger partial charge in [0.05, 0.1) is 15.0 Å². The van der Waals surface area contributed by atoms with Gasteiger partial charge in [0.1, 0.15) is 6.20 Å². The Hall–Kier alpha value is -1.43. The second kappa shape index (κ2) is 4.39. The van der Waals surface area contributed by atoms with Gasteiger partial charge in [-0.1, -0.05) is 6.58 Å². The zero-order valence-electron chi connectivity index (χ0n) is 8.40. The summed E-state index contributed by atoms with van der Waals surface area (Å²) in [6, 6.07) is 0. The monoisotopic (exact) mass is 271 g/mol. The lowest BCUT2D eigenvalue weighted by Gasteiger charge is -2.16. The number of pyridine rings is 1. The Balaban J connectivity index is 3.37. The fraction of sp³-hybridized carbons (Fsp3) is 0.222. The van der Waals surface area contributed by atoms with Gasteiger partial charge in [-0.05, 0) is 15.9 Å². The van der Waals surface area contributed by atoms with Crippen LogP contribution in [0.3, 0.4) is 0 Å². The fourth-order valence-corrected chi connectivity index (χ4v) is 1.62. The predicted molar refractivity (Wildman–Crippen MR) is 61.3 cm³/mol. The fourth-order valence-electron chi connectivity index (χ4n) is 1.07. The van der Waals surface area contributed by atoms with E-state index >= 15 is 0 Å². The number of hydrogen-bond acceptors (Lipinski definition) is 4. The smallest absolute Gasteiger partial charge is 0.297 e. The van der Waals surface area contributed by atoms with E-state index in [-0.39, 0.29) is 5.69 Å². The van der Waals surface area contributed by atoms with E-state index in [4.69, 9.17) is 0 Å². The standard InChI is InChI=1S/C9H10BrN3O2/c1-6(12(2)3)9-7(10)4-11-5-8(9)13(14)15/h4-5H,1H2,2-3H3. The van der Waals surface area contributed by atoms with Gasteiger partial charge < -0.3 is 4.90 Å². The molecule has 0 aliphatic heterocycles. The van der Waals surface area contributed by atoms with Gasteiger partial charge in [-0.2, -0.15) is 0 Å².